The van der Waals surface area contributed by atoms with E-state index in [-0.39, 0.29) is 11.7 Å². The van der Waals surface area contributed by atoms with Crippen LogP contribution in [-0.4, -0.2) is 17.4 Å². The molecule has 0 atom stereocenters. The number of H-pyrrole nitrogens is 1. The number of fused-ring (bicyclic) bond motifs is 1. The number of aryl methyl sites for hydroxylation is 2. The molecule has 0 radical (unpaired) electrons. The Hall–Kier alpha value is -2.62. The maximum Gasteiger partial charge on any atom is 0.251 e. The van der Waals surface area contributed by atoms with Crippen LogP contribution in [0.5, 0.6) is 0 Å². The number of halogens is 1. The Morgan fingerprint density at radius 1 is 1.13 bits per heavy atom. The van der Waals surface area contributed by atoms with Gasteiger partial charge in [-0.1, -0.05) is 24.3 Å². The molecule has 3 aromatic rings. The standard InChI is InChI=1S/C19H19FN2O/c1-12-8-9-16(20)18-17(12)15(13(2)22-18)10-11-21-19(23)14-6-4-3-5-7-14/h3-9,22H,10-11H2,1-2H3,(H,21,23). The first-order chi connectivity index (χ1) is 11.1. The largest absolute Gasteiger partial charge is 0.356 e. The number of amides is 1. The molecule has 0 bridgehead atoms. The molecule has 0 aliphatic rings. The van der Waals surface area contributed by atoms with E-state index in [0.29, 0.717) is 24.0 Å². The van der Waals surface area contributed by atoms with E-state index in [1.165, 1.54) is 6.07 Å². The first kappa shape index (κ1) is 15.3. The van der Waals surface area contributed by atoms with E-state index in [0.717, 1.165) is 22.2 Å². The van der Waals surface area contributed by atoms with Crippen molar-refractivity contribution in [1.29, 1.82) is 0 Å². The minimum Gasteiger partial charge on any atom is -0.356 e. The molecule has 118 valence electrons. The molecule has 0 unspecified atom stereocenters. The summed E-state index contributed by atoms with van der Waals surface area (Å²) >= 11 is 0. The molecule has 23 heavy (non-hydrogen) atoms. The van der Waals surface area contributed by atoms with Crippen LogP contribution in [0, 0.1) is 19.7 Å². The van der Waals surface area contributed by atoms with Gasteiger partial charge >= 0.3 is 0 Å². The zero-order chi connectivity index (χ0) is 16.4. The van der Waals surface area contributed by atoms with Gasteiger partial charge in [0.1, 0.15) is 5.82 Å². The van der Waals surface area contributed by atoms with Gasteiger partial charge in [0, 0.05) is 23.2 Å². The van der Waals surface area contributed by atoms with E-state index in [9.17, 15) is 9.18 Å². The van der Waals surface area contributed by atoms with E-state index in [1.54, 1.807) is 18.2 Å². The lowest BCUT2D eigenvalue weighted by atomic mass is 10.0. The number of carbonyl (C=O) groups excluding carboxylic acids is 1. The molecule has 1 amide bonds. The second-order valence-corrected chi connectivity index (χ2v) is 5.71. The molecule has 4 heteroatoms. The highest BCUT2D eigenvalue weighted by Crippen LogP contribution is 2.27. The Balaban J connectivity index is 1.76. The monoisotopic (exact) mass is 310 g/mol. The molecule has 0 saturated heterocycles. The molecule has 0 saturated carbocycles. The van der Waals surface area contributed by atoms with Crippen molar-refractivity contribution in [3.05, 3.63) is 70.7 Å². The molecule has 2 N–H and O–H groups in total. The van der Waals surface area contributed by atoms with Crippen LogP contribution in [0.3, 0.4) is 0 Å². The lowest BCUT2D eigenvalue weighted by Crippen LogP contribution is -2.25. The van der Waals surface area contributed by atoms with Crippen LogP contribution >= 0.6 is 0 Å². The molecule has 0 aliphatic carbocycles. The normalized spacial score (nSPS) is 10.9. The maximum atomic E-state index is 13.9. The highest BCUT2D eigenvalue weighted by molar-refractivity contribution is 5.94. The van der Waals surface area contributed by atoms with Crippen molar-refractivity contribution in [2.75, 3.05) is 6.54 Å². The molecule has 3 rings (SSSR count). The Bertz CT molecular complexity index is 853. The average Bonchev–Trinajstić information content (AvgIpc) is 2.90. The molecule has 1 heterocycles. The molecular weight excluding hydrogens is 291 g/mol. The number of benzene rings is 2. The fourth-order valence-electron chi connectivity index (χ4n) is 2.95. The minimum absolute atomic E-state index is 0.0917. The zero-order valence-corrected chi connectivity index (χ0v) is 13.2. The third-order valence-electron chi connectivity index (χ3n) is 4.13. The predicted octanol–water partition coefficient (Wildman–Crippen LogP) is 3.90. The van der Waals surface area contributed by atoms with Gasteiger partial charge in [0.05, 0.1) is 5.52 Å². The van der Waals surface area contributed by atoms with Crippen molar-refractivity contribution in [2.24, 2.45) is 0 Å². The number of aromatic amines is 1. The Morgan fingerprint density at radius 2 is 1.87 bits per heavy atom. The summed E-state index contributed by atoms with van der Waals surface area (Å²) in [6.07, 6.45) is 0.661. The van der Waals surface area contributed by atoms with E-state index < -0.39 is 0 Å². The second-order valence-electron chi connectivity index (χ2n) is 5.71. The van der Waals surface area contributed by atoms with Crippen molar-refractivity contribution in [1.82, 2.24) is 10.3 Å². The summed E-state index contributed by atoms with van der Waals surface area (Å²) in [5.74, 6) is -0.334. The zero-order valence-electron chi connectivity index (χ0n) is 13.2. The molecule has 2 aromatic carbocycles. The SMILES string of the molecule is Cc1[nH]c2c(F)ccc(C)c2c1CCNC(=O)c1ccccc1. The van der Waals surface area contributed by atoms with Crippen molar-refractivity contribution in [3.8, 4) is 0 Å². The summed E-state index contributed by atoms with van der Waals surface area (Å²) in [6.45, 7) is 4.42. The topological polar surface area (TPSA) is 44.9 Å². The Kier molecular flexibility index (Phi) is 4.15. The van der Waals surface area contributed by atoms with Gasteiger partial charge in [-0.25, -0.2) is 4.39 Å². The summed E-state index contributed by atoms with van der Waals surface area (Å²) in [5, 5.41) is 3.84. The van der Waals surface area contributed by atoms with E-state index in [1.807, 2.05) is 32.0 Å². The average molecular weight is 310 g/mol. The van der Waals surface area contributed by atoms with E-state index in [2.05, 4.69) is 10.3 Å². The lowest BCUT2D eigenvalue weighted by Gasteiger charge is -2.07. The fraction of sp³-hybridized carbons (Fsp3) is 0.211. The quantitative estimate of drug-likeness (QED) is 0.754. The Labute approximate surface area is 134 Å². The summed E-state index contributed by atoms with van der Waals surface area (Å²) in [7, 11) is 0. The van der Waals surface area contributed by atoms with E-state index in [4.69, 9.17) is 0 Å². The van der Waals surface area contributed by atoms with Crippen molar-refractivity contribution in [3.63, 3.8) is 0 Å². The van der Waals surface area contributed by atoms with Crippen LogP contribution in [0.1, 0.15) is 27.2 Å². The van der Waals surface area contributed by atoms with Crippen molar-refractivity contribution < 1.29 is 9.18 Å². The number of hydrogen-bond acceptors (Lipinski definition) is 1. The van der Waals surface area contributed by atoms with Crippen LogP contribution in [0.25, 0.3) is 10.9 Å². The van der Waals surface area contributed by atoms with Gasteiger partial charge in [-0.15, -0.1) is 0 Å². The highest BCUT2D eigenvalue weighted by atomic mass is 19.1. The summed E-state index contributed by atoms with van der Waals surface area (Å²) < 4.78 is 13.9. The summed E-state index contributed by atoms with van der Waals surface area (Å²) in [6, 6.07) is 12.4. The highest BCUT2D eigenvalue weighted by Gasteiger charge is 2.14. The van der Waals surface area contributed by atoms with Crippen LogP contribution in [0.4, 0.5) is 4.39 Å². The molecule has 0 spiro atoms. The number of carbonyl (C=O) groups is 1. The molecule has 1 aromatic heterocycles. The molecular formula is C19H19FN2O. The predicted molar refractivity (Wildman–Crippen MR) is 90.2 cm³/mol. The molecule has 0 fully saturated rings. The van der Waals surface area contributed by atoms with Crippen LogP contribution in [-0.2, 0) is 6.42 Å². The van der Waals surface area contributed by atoms with Gasteiger partial charge < -0.3 is 10.3 Å². The first-order valence-corrected chi connectivity index (χ1v) is 7.67. The first-order valence-electron chi connectivity index (χ1n) is 7.67. The number of nitrogens with one attached hydrogen (secondary N) is 2. The number of aromatic nitrogens is 1. The van der Waals surface area contributed by atoms with Gasteiger partial charge in [-0.05, 0) is 49.6 Å². The van der Waals surface area contributed by atoms with Gasteiger partial charge in [0.2, 0.25) is 0 Å². The molecule has 3 nitrogen and oxygen atoms in total. The third kappa shape index (κ3) is 2.97. The van der Waals surface area contributed by atoms with Crippen molar-refractivity contribution in [2.45, 2.75) is 20.3 Å². The summed E-state index contributed by atoms with van der Waals surface area (Å²) in [4.78, 5) is 15.2. The lowest BCUT2D eigenvalue weighted by molar-refractivity contribution is 0.0954. The summed E-state index contributed by atoms with van der Waals surface area (Å²) in [5.41, 5.74) is 4.24. The third-order valence-corrected chi connectivity index (χ3v) is 4.13. The van der Waals surface area contributed by atoms with Gasteiger partial charge in [0.25, 0.3) is 5.91 Å². The van der Waals surface area contributed by atoms with Gasteiger partial charge in [-0.2, -0.15) is 0 Å². The van der Waals surface area contributed by atoms with E-state index >= 15 is 0 Å². The van der Waals surface area contributed by atoms with Crippen LogP contribution in [0.15, 0.2) is 42.5 Å². The number of rotatable bonds is 4. The number of hydrogen-bond donors (Lipinski definition) is 2. The van der Waals surface area contributed by atoms with Crippen LogP contribution < -0.4 is 5.32 Å². The van der Waals surface area contributed by atoms with Crippen LogP contribution in [0.2, 0.25) is 0 Å². The fourth-order valence-corrected chi connectivity index (χ4v) is 2.95. The Morgan fingerprint density at radius 3 is 2.61 bits per heavy atom. The second kappa shape index (κ2) is 6.24. The maximum absolute atomic E-state index is 13.9. The minimum atomic E-state index is -0.242. The van der Waals surface area contributed by atoms with Gasteiger partial charge in [0.15, 0.2) is 0 Å². The van der Waals surface area contributed by atoms with Crippen molar-refractivity contribution >= 4 is 16.8 Å². The van der Waals surface area contributed by atoms with Gasteiger partial charge in [-0.3, -0.25) is 4.79 Å². The smallest absolute Gasteiger partial charge is 0.251 e. The molecule has 0 aliphatic heterocycles.